The van der Waals surface area contributed by atoms with Gasteiger partial charge < -0.3 is 10.2 Å². The van der Waals surface area contributed by atoms with Crippen molar-refractivity contribution in [3.8, 4) is 0 Å². The third-order valence-corrected chi connectivity index (χ3v) is 4.93. The van der Waals surface area contributed by atoms with E-state index in [-0.39, 0.29) is 16.6 Å². The Balaban J connectivity index is 2.35. The van der Waals surface area contributed by atoms with Gasteiger partial charge in [0.1, 0.15) is 10.6 Å². The van der Waals surface area contributed by atoms with Crippen LogP contribution >= 0.6 is 0 Å². The van der Waals surface area contributed by atoms with Crippen LogP contribution in [-0.2, 0) is 16.9 Å². The summed E-state index contributed by atoms with van der Waals surface area (Å²) in [6, 6.07) is 4.14. The molecule has 0 aliphatic heterocycles. The Morgan fingerprint density at radius 1 is 1.40 bits per heavy atom. The molecule has 1 aromatic heterocycles. The number of hydrogen-bond acceptors (Lipinski definition) is 7. The van der Waals surface area contributed by atoms with E-state index in [1.165, 1.54) is 18.2 Å². The Morgan fingerprint density at radius 3 is 2.56 bits per heavy atom. The summed E-state index contributed by atoms with van der Waals surface area (Å²) in [7, 11) is 1.88. The van der Waals surface area contributed by atoms with Crippen molar-refractivity contribution >= 4 is 21.2 Å². The number of para-hydroxylation sites is 1. The van der Waals surface area contributed by atoms with Gasteiger partial charge in [-0.1, -0.05) is 6.07 Å². The van der Waals surface area contributed by atoms with E-state index in [1.807, 2.05) is 32.2 Å². The first-order chi connectivity index (χ1) is 11.6. The first-order valence-corrected chi connectivity index (χ1v) is 9.36. The molecule has 0 bridgehead atoms. The van der Waals surface area contributed by atoms with Gasteiger partial charge in [0, 0.05) is 31.6 Å². The summed E-state index contributed by atoms with van der Waals surface area (Å²) in [6.45, 7) is 0.354. The predicted octanol–water partition coefficient (Wildman–Crippen LogP) is 1.45. The molecule has 0 saturated heterocycles. The second-order valence-electron chi connectivity index (χ2n) is 5.99. The van der Waals surface area contributed by atoms with Gasteiger partial charge in [-0.15, -0.1) is 0 Å². The monoisotopic (exact) mass is 367 g/mol. The minimum atomic E-state index is -3.71. The Morgan fingerprint density at radius 2 is 2.08 bits per heavy atom. The van der Waals surface area contributed by atoms with Gasteiger partial charge >= 0.3 is 5.69 Å². The summed E-state index contributed by atoms with van der Waals surface area (Å²) >= 11 is 0. The molecule has 0 radical (unpaired) electrons. The van der Waals surface area contributed by atoms with Crippen LogP contribution in [0.4, 0.5) is 11.4 Å². The van der Waals surface area contributed by atoms with Gasteiger partial charge in [-0.05, 0) is 26.2 Å². The minimum Gasteiger partial charge on any atom is -0.378 e. The van der Waals surface area contributed by atoms with Crippen molar-refractivity contribution in [2.24, 2.45) is 7.05 Å². The highest BCUT2D eigenvalue weighted by Gasteiger charge is 2.26. The smallest absolute Gasteiger partial charge is 0.310 e. The first kappa shape index (κ1) is 18.9. The average molecular weight is 367 g/mol. The molecule has 0 amide bonds. The maximum atomic E-state index is 11.8. The maximum Gasteiger partial charge on any atom is 0.310 e. The summed E-state index contributed by atoms with van der Waals surface area (Å²) < 4.78 is 25.3. The van der Waals surface area contributed by atoms with Gasteiger partial charge in [0.05, 0.1) is 17.2 Å². The number of benzene rings is 1. The van der Waals surface area contributed by atoms with Gasteiger partial charge in [0.15, 0.2) is 9.84 Å². The van der Waals surface area contributed by atoms with Crippen molar-refractivity contribution in [3.05, 3.63) is 46.3 Å². The van der Waals surface area contributed by atoms with Gasteiger partial charge in [0.2, 0.25) is 0 Å². The highest BCUT2D eigenvalue weighted by atomic mass is 32.2. The first-order valence-electron chi connectivity index (χ1n) is 7.47. The number of nitro groups is 1. The molecule has 0 spiro atoms. The summed E-state index contributed by atoms with van der Waals surface area (Å²) in [6.07, 6.45) is 4.55. The Bertz CT molecular complexity index is 876. The predicted molar refractivity (Wildman–Crippen MR) is 94.3 cm³/mol. The molecule has 136 valence electrons. The molecule has 0 fully saturated rings. The molecule has 1 N–H and O–H groups in total. The average Bonchev–Trinajstić information content (AvgIpc) is 2.92. The van der Waals surface area contributed by atoms with Crippen molar-refractivity contribution in [2.45, 2.75) is 10.9 Å². The fourth-order valence-electron chi connectivity index (χ4n) is 2.57. The number of hydrogen-bond donors (Lipinski definition) is 1. The SMILES string of the molecule is CN(C)C(CNc1cccc(S(C)(=O)=O)c1[N+](=O)[O-])c1cnn(C)c1. The van der Waals surface area contributed by atoms with E-state index < -0.39 is 20.4 Å². The lowest BCUT2D eigenvalue weighted by Crippen LogP contribution is -2.26. The summed E-state index contributed by atoms with van der Waals surface area (Å²) in [5.41, 5.74) is 0.680. The number of nitrogens with zero attached hydrogens (tertiary/aromatic N) is 4. The second kappa shape index (κ2) is 7.19. The van der Waals surface area contributed by atoms with Crippen molar-refractivity contribution in [2.75, 3.05) is 32.2 Å². The number of nitrogens with one attached hydrogen (secondary N) is 1. The summed E-state index contributed by atoms with van der Waals surface area (Å²) in [5, 5.41) is 18.6. The van der Waals surface area contributed by atoms with Crippen LogP contribution in [0.1, 0.15) is 11.6 Å². The number of nitro benzene ring substituents is 1. The maximum absolute atomic E-state index is 11.8. The van der Waals surface area contributed by atoms with Crippen LogP contribution in [0.2, 0.25) is 0 Å². The van der Waals surface area contributed by atoms with Crippen LogP contribution in [0.25, 0.3) is 0 Å². The van der Waals surface area contributed by atoms with Crippen LogP contribution in [0.15, 0.2) is 35.5 Å². The Hall–Kier alpha value is -2.46. The van der Waals surface area contributed by atoms with E-state index in [0.717, 1.165) is 11.8 Å². The zero-order chi connectivity index (χ0) is 18.8. The van der Waals surface area contributed by atoms with Crippen LogP contribution < -0.4 is 5.32 Å². The standard InChI is InChI=1S/C15H21N5O4S/c1-18(2)13(11-8-17-19(3)10-11)9-16-12-6-5-7-14(25(4,23)24)15(12)20(21)22/h5-8,10,13,16H,9H2,1-4H3. The van der Waals surface area contributed by atoms with Crippen LogP contribution in [0.5, 0.6) is 0 Å². The number of anilines is 1. The molecule has 2 rings (SSSR count). The zero-order valence-electron chi connectivity index (χ0n) is 14.5. The molecule has 0 saturated carbocycles. The minimum absolute atomic E-state index is 0.0878. The number of rotatable bonds is 7. The molecule has 10 heteroatoms. The van der Waals surface area contributed by atoms with E-state index >= 15 is 0 Å². The largest absolute Gasteiger partial charge is 0.378 e. The number of aromatic nitrogens is 2. The molecule has 1 atom stereocenters. The van der Waals surface area contributed by atoms with Crippen LogP contribution in [0, 0.1) is 10.1 Å². The van der Waals surface area contributed by atoms with E-state index in [0.29, 0.717) is 6.54 Å². The van der Waals surface area contributed by atoms with Gasteiger partial charge in [-0.25, -0.2) is 8.42 Å². The van der Waals surface area contributed by atoms with E-state index in [4.69, 9.17) is 0 Å². The third-order valence-electron chi connectivity index (χ3n) is 3.80. The molecule has 0 aliphatic carbocycles. The van der Waals surface area contributed by atoms with E-state index in [1.54, 1.807) is 10.9 Å². The fourth-order valence-corrected chi connectivity index (χ4v) is 3.43. The van der Waals surface area contributed by atoms with Crippen molar-refractivity contribution in [1.29, 1.82) is 0 Å². The van der Waals surface area contributed by atoms with E-state index in [2.05, 4.69) is 10.4 Å². The van der Waals surface area contributed by atoms with Crippen molar-refractivity contribution in [3.63, 3.8) is 0 Å². The molecule has 1 heterocycles. The molecule has 1 aromatic carbocycles. The van der Waals surface area contributed by atoms with Gasteiger partial charge in [0.25, 0.3) is 0 Å². The Kier molecular flexibility index (Phi) is 5.43. The highest BCUT2D eigenvalue weighted by Crippen LogP contribution is 2.32. The molecule has 1 unspecified atom stereocenters. The molecule has 9 nitrogen and oxygen atoms in total. The topological polar surface area (TPSA) is 110 Å². The Labute approximate surface area is 146 Å². The zero-order valence-corrected chi connectivity index (χ0v) is 15.3. The van der Waals surface area contributed by atoms with Gasteiger partial charge in [-0.3, -0.25) is 14.8 Å². The summed E-state index contributed by atoms with van der Waals surface area (Å²) in [4.78, 5) is 12.4. The lowest BCUT2D eigenvalue weighted by Gasteiger charge is -2.24. The number of likely N-dealkylation sites (N-methyl/N-ethyl adjacent to an activating group) is 1. The molecule has 25 heavy (non-hydrogen) atoms. The van der Waals surface area contributed by atoms with Gasteiger partial charge in [-0.2, -0.15) is 5.10 Å². The van der Waals surface area contributed by atoms with E-state index in [9.17, 15) is 18.5 Å². The lowest BCUT2D eigenvalue weighted by molar-refractivity contribution is -0.386. The highest BCUT2D eigenvalue weighted by molar-refractivity contribution is 7.90. The normalized spacial score (nSPS) is 13.0. The number of aryl methyl sites for hydroxylation is 1. The fraction of sp³-hybridized carbons (Fsp3) is 0.400. The number of sulfone groups is 1. The quantitative estimate of drug-likeness (QED) is 0.582. The van der Waals surface area contributed by atoms with Crippen molar-refractivity contribution in [1.82, 2.24) is 14.7 Å². The third kappa shape index (κ3) is 4.34. The van der Waals surface area contributed by atoms with Crippen LogP contribution in [-0.4, -0.2) is 54.9 Å². The molecular formula is C15H21N5O4S. The summed E-state index contributed by atoms with van der Waals surface area (Å²) in [5.74, 6) is 0. The molecule has 0 aliphatic rings. The second-order valence-corrected chi connectivity index (χ2v) is 7.97. The van der Waals surface area contributed by atoms with Crippen molar-refractivity contribution < 1.29 is 13.3 Å². The van der Waals surface area contributed by atoms with Crippen LogP contribution in [0.3, 0.4) is 0 Å². The molecular weight excluding hydrogens is 346 g/mol. The lowest BCUT2D eigenvalue weighted by atomic mass is 10.1. The molecule has 2 aromatic rings.